The normalized spacial score (nSPS) is 24.8. The van der Waals surface area contributed by atoms with Gasteiger partial charge in [-0.15, -0.1) is 0 Å². The Balaban J connectivity index is 2.23. The van der Waals surface area contributed by atoms with Crippen molar-refractivity contribution in [3.8, 4) is 0 Å². The van der Waals surface area contributed by atoms with Crippen LogP contribution in [0.15, 0.2) is 0 Å². The first-order chi connectivity index (χ1) is 8.21. The first-order valence-corrected chi connectivity index (χ1v) is 6.09. The van der Waals surface area contributed by atoms with Crippen LogP contribution in [0.2, 0.25) is 0 Å². The minimum atomic E-state index is -0.742. The van der Waals surface area contributed by atoms with Gasteiger partial charge in [-0.2, -0.15) is 0 Å². The number of carboxylic acid groups (broad SMARTS) is 1. The standard InChI is InChI=1S/C12H22O5/c1-15-8-9-16-6-2-4-12(11(13)14)5-3-7-17-10-12/h2-10H2,1H3,(H,13,14). The highest BCUT2D eigenvalue weighted by Crippen LogP contribution is 2.33. The van der Waals surface area contributed by atoms with Crippen LogP contribution in [0.3, 0.4) is 0 Å². The summed E-state index contributed by atoms with van der Waals surface area (Å²) in [7, 11) is 1.63. The van der Waals surface area contributed by atoms with Gasteiger partial charge in [-0.05, 0) is 25.7 Å². The zero-order chi connectivity index (χ0) is 12.6. The van der Waals surface area contributed by atoms with Crippen LogP contribution < -0.4 is 0 Å². The van der Waals surface area contributed by atoms with Crippen LogP contribution in [-0.2, 0) is 19.0 Å². The van der Waals surface area contributed by atoms with Crippen LogP contribution in [0.25, 0.3) is 0 Å². The highest BCUT2D eigenvalue weighted by atomic mass is 16.5. The number of aliphatic carboxylic acids is 1. The smallest absolute Gasteiger partial charge is 0.311 e. The maximum atomic E-state index is 11.3. The molecule has 0 bridgehead atoms. The zero-order valence-corrected chi connectivity index (χ0v) is 10.4. The van der Waals surface area contributed by atoms with Crippen LogP contribution in [0.4, 0.5) is 0 Å². The Morgan fingerprint density at radius 2 is 2.24 bits per heavy atom. The molecule has 1 unspecified atom stereocenters. The molecule has 0 aromatic carbocycles. The number of hydrogen-bond donors (Lipinski definition) is 1. The Morgan fingerprint density at radius 1 is 1.41 bits per heavy atom. The fourth-order valence-corrected chi connectivity index (χ4v) is 2.08. The minimum Gasteiger partial charge on any atom is -0.481 e. The minimum absolute atomic E-state index is 0.334. The van der Waals surface area contributed by atoms with E-state index in [4.69, 9.17) is 14.2 Å². The first-order valence-electron chi connectivity index (χ1n) is 6.09. The molecule has 1 N–H and O–H groups in total. The molecule has 1 atom stereocenters. The van der Waals surface area contributed by atoms with E-state index in [0.29, 0.717) is 45.9 Å². The second-order valence-electron chi connectivity index (χ2n) is 4.45. The Labute approximate surface area is 102 Å². The lowest BCUT2D eigenvalue weighted by Crippen LogP contribution is -2.39. The highest BCUT2D eigenvalue weighted by molar-refractivity contribution is 5.74. The second-order valence-corrected chi connectivity index (χ2v) is 4.45. The maximum Gasteiger partial charge on any atom is 0.311 e. The molecule has 0 aromatic rings. The molecule has 0 aromatic heterocycles. The summed E-state index contributed by atoms with van der Waals surface area (Å²) in [4.78, 5) is 11.3. The number of hydrogen-bond acceptors (Lipinski definition) is 4. The Morgan fingerprint density at radius 3 is 2.82 bits per heavy atom. The maximum absolute atomic E-state index is 11.3. The van der Waals surface area contributed by atoms with Gasteiger partial charge in [0.25, 0.3) is 0 Å². The molecule has 5 heteroatoms. The first kappa shape index (κ1) is 14.4. The van der Waals surface area contributed by atoms with E-state index in [2.05, 4.69) is 0 Å². The van der Waals surface area contributed by atoms with Crippen LogP contribution >= 0.6 is 0 Å². The van der Waals surface area contributed by atoms with E-state index in [9.17, 15) is 9.90 Å². The van der Waals surface area contributed by atoms with Crippen molar-refractivity contribution in [2.75, 3.05) is 40.1 Å². The van der Waals surface area contributed by atoms with E-state index in [1.54, 1.807) is 7.11 Å². The second kappa shape index (κ2) is 7.63. The van der Waals surface area contributed by atoms with Crippen LogP contribution in [-0.4, -0.2) is 51.2 Å². The molecule has 0 spiro atoms. The summed E-state index contributed by atoms with van der Waals surface area (Å²) in [6.45, 7) is 2.73. The number of rotatable bonds is 8. The average molecular weight is 246 g/mol. The zero-order valence-electron chi connectivity index (χ0n) is 10.4. The van der Waals surface area contributed by atoms with Gasteiger partial charge in [-0.3, -0.25) is 4.79 Å². The highest BCUT2D eigenvalue weighted by Gasteiger charge is 2.39. The van der Waals surface area contributed by atoms with Gasteiger partial charge in [-0.1, -0.05) is 0 Å². The molecular formula is C12H22O5. The summed E-state index contributed by atoms with van der Waals surface area (Å²) in [5, 5.41) is 9.29. The third kappa shape index (κ3) is 4.61. The molecule has 1 heterocycles. The van der Waals surface area contributed by atoms with Gasteiger partial charge < -0.3 is 19.3 Å². The van der Waals surface area contributed by atoms with Crippen LogP contribution in [0, 0.1) is 5.41 Å². The Hall–Kier alpha value is -0.650. The van der Waals surface area contributed by atoms with Crippen molar-refractivity contribution >= 4 is 5.97 Å². The molecule has 0 aliphatic carbocycles. The largest absolute Gasteiger partial charge is 0.481 e. The van der Waals surface area contributed by atoms with Gasteiger partial charge in [0, 0.05) is 20.3 Å². The lowest BCUT2D eigenvalue weighted by atomic mass is 9.78. The summed E-state index contributed by atoms with van der Waals surface area (Å²) < 4.78 is 15.5. The Bertz CT molecular complexity index is 223. The SMILES string of the molecule is COCCOCCCC1(C(=O)O)CCCOC1. The molecular weight excluding hydrogens is 224 g/mol. The molecule has 0 radical (unpaired) electrons. The topological polar surface area (TPSA) is 65.0 Å². The van der Waals surface area contributed by atoms with Gasteiger partial charge in [0.05, 0.1) is 25.2 Å². The predicted molar refractivity (Wildman–Crippen MR) is 62.1 cm³/mol. The molecule has 100 valence electrons. The Kier molecular flexibility index (Phi) is 6.47. The predicted octanol–water partition coefficient (Wildman–Crippen LogP) is 1.31. The van der Waals surface area contributed by atoms with Gasteiger partial charge in [0.2, 0.25) is 0 Å². The number of carboxylic acids is 1. The van der Waals surface area contributed by atoms with E-state index in [1.807, 2.05) is 0 Å². The lowest BCUT2D eigenvalue weighted by molar-refractivity contribution is -0.158. The molecule has 1 aliphatic heterocycles. The van der Waals surface area contributed by atoms with Crippen molar-refractivity contribution in [1.29, 1.82) is 0 Å². The van der Waals surface area contributed by atoms with Crippen molar-refractivity contribution in [2.24, 2.45) is 5.41 Å². The van der Waals surface area contributed by atoms with Crippen LogP contribution in [0.1, 0.15) is 25.7 Å². The molecule has 17 heavy (non-hydrogen) atoms. The fourth-order valence-electron chi connectivity index (χ4n) is 2.08. The molecule has 1 rings (SSSR count). The monoisotopic (exact) mass is 246 g/mol. The van der Waals surface area contributed by atoms with Crippen LogP contribution in [0.5, 0.6) is 0 Å². The third-order valence-corrected chi connectivity index (χ3v) is 3.15. The molecule has 1 saturated heterocycles. The van der Waals surface area contributed by atoms with Gasteiger partial charge in [0.1, 0.15) is 0 Å². The summed E-state index contributed by atoms with van der Waals surface area (Å²) >= 11 is 0. The molecule has 5 nitrogen and oxygen atoms in total. The van der Waals surface area contributed by atoms with Gasteiger partial charge >= 0.3 is 5.97 Å². The van der Waals surface area contributed by atoms with Crippen molar-refractivity contribution < 1.29 is 24.1 Å². The number of ether oxygens (including phenoxy) is 3. The molecule has 1 fully saturated rings. The van der Waals surface area contributed by atoms with Gasteiger partial charge in [-0.25, -0.2) is 0 Å². The van der Waals surface area contributed by atoms with Crippen molar-refractivity contribution in [3.63, 3.8) is 0 Å². The molecule has 0 saturated carbocycles. The fraction of sp³-hybridized carbons (Fsp3) is 0.917. The lowest BCUT2D eigenvalue weighted by Gasteiger charge is -2.32. The van der Waals surface area contributed by atoms with Crippen molar-refractivity contribution in [1.82, 2.24) is 0 Å². The summed E-state index contributed by atoms with van der Waals surface area (Å²) in [6.07, 6.45) is 2.91. The summed E-state index contributed by atoms with van der Waals surface area (Å²) in [6, 6.07) is 0. The quantitative estimate of drug-likeness (QED) is 0.654. The molecule has 0 amide bonds. The van der Waals surface area contributed by atoms with E-state index in [1.165, 1.54) is 0 Å². The van der Waals surface area contributed by atoms with E-state index in [0.717, 1.165) is 12.8 Å². The average Bonchev–Trinajstić information content (AvgIpc) is 2.34. The van der Waals surface area contributed by atoms with E-state index < -0.39 is 11.4 Å². The van der Waals surface area contributed by atoms with E-state index >= 15 is 0 Å². The summed E-state index contributed by atoms with van der Waals surface area (Å²) in [5.41, 5.74) is -0.692. The van der Waals surface area contributed by atoms with E-state index in [-0.39, 0.29) is 0 Å². The van der Waals surface area contributed by atoms with Crippen molar-refractivity contribution in [3.05, 3.63) is 0 Å². The van der Waals surface area contributed by atoms with Crippen molar-refractivity contribution in [2.45, 2.75) is 25.7 Å². The summed E-state index contributed by atoms with van der Waals surface area (Å²) in [5.74, 6) is -0.742. The molecule has 1 aliphatic rings. The number of methoxy groups -OCH3 is 1. The third-order valence-electron chi connectivity index (χ3n) is 3.15. The van der Waals surface area contributed by atoms with Gasteiger partial charge in [0.15, 0.2) is 0 Å². The number of carbonyl (C=O) groups is 1.